The standard InChI is InChI=1S/C31H43NO3/c1-5-8-9-13-17-27(14-6-2)35-28-20-18-26(19-21-28)29(22-24(4)7-3)32-30(31(33)34)23-25-15-11-10-12-16-25/h10-12,15-16,18-21,23-24,27H,5-9,13-14,17,22H2,1-4H3,(H,33,34)/t24?,27-/m0/s1. The number of hydrogen-bond donors (Lipinski definition) is 1. The Hall–Kier alpha value is -2.88. The van der Waals surface area contributed by atoms with Crippen molar-refractivity contribution in [2.24, 2.45) is 10.9 Å². The van der Waals surface area contributed by atoms with Gasteiger partial charge in [0, 0.05) is 5.71 Å². The number of hydrogen-bond acceptors (Lipinski definition) is 3. The number of nitrogens with zero attached hydrogens (tertiary/aromatic N) is 1. The Kier molecular flexibility index (Phi) is 12.9. The van der Waals surface area contributed by atoms with Gasteiger partial charge in [-0.1, -0.05) is 90.1 Å². The molecule has 2 atom stereocenters. The molecule has 0 radical (unpaired) electrons. The lowest BCUT2D eigenvalue weighted by Gasteiger charge is -2.19. The molecule has 0 aliphatic rings. The zero-order valence-electron chi connectivity index (χ0n) is 22.0. The molecule has 4 nitrogen and oxygen atoms in total. The summed E-state index contributed by atoms with van der Waals surface area (Å²) >= 11 is 0. The van der Waals surface area contributed by atoms with Crippen LogP contribution in [-0.4, -0.2) is 22.9 Å². The molecule has 0 bridgehead atoms. The number of aliphatic carboxylic acids is 1. The molecule has 0 heterocycles. The Morgan fingerprint density at radius 3 is 2.26 bits per heavy atom. The highest BCUT2D eigenvalue weighted by Crippen LogP contribution is 2.22. The second-order valence-electron chi connectivity index (χ2n) is 9.42. The van der Waals surface area contributed by atoms with E-state index in [-0.39, 0.29) is 11.8 Å². The third-order valence-electron chi connectivity index (χ3n) is 6.30. The maximum atomic E-state index is 12.0. The molecule has 1 N–H and O–H groups in total. The Labute approximate surface area is 212 Å². The lowest BCUT2D eigenvalue weighted by Crippen LogP contribution is -2.16. The van der Waals surface area contributed by atoms with Crippen molar-refractivity contribution in [2.75, 3.05) is 0 Å². The van der Waals surface area contributed by atoms with Gasteiger partial charge in [0.2, 0.25) is 0 Å². The summed E-state index contributed by atoms with van der Waals surface area (Å²) in [7, 11) is 0. The summed E-state index contributed by atoms with van der Waals surface area (Å²) in [6.45, 7) is 8.75. The van der Waals surface area contributed by atoms with Gasteiger partial charge in [-0.25, -0.2) is 9.79 Å². The highest BCUT2D eigenvalue weighted by Gasteiger charge is 2.14. The first kappa shape index (κ1) is 28.4. The van der Waals surface area contributed by atoms with E-state index >= 15 is 0 Å². The molecular weight excluding hydrogens is 434 g/mol. The lowest BCUT2D eigenvalue weighted by atomic mass is 9.96. The van der Waals surface area contributed by atoms with Crippen molar-refractivity contribution in [3.05, 3.63) is 71.4 Å². The molecule has 0 spiro atoms. The Bertz CT molecular complexity index is 931. The first-order valence-electron chi connectivity index (χ1n) is 13.3. The van der Waals surface area contributed by atoms with Crippen molar-refractivity contribution in [1.82, 2.24) is 0 Å². The van der Waals surface area contributed by atoms with Crippen LogP contribution in [0.5, 0.6) is 5.75 Å². The number of carboxylic acids is 1. The molecule has 0 aromatic heterocycles. The third-order valence-corrected chi connectivity index (χ3v) is 6.30. The zero-order chi connectivity index (χ0) is 25.5. The quantitative estimate of drug-likeness (QED) is 0.150. The van der Waals surface area contributed by atoms with E-state index in [1.54, 1.807) is 6.08 Å². The van der Waals surface area contributed by atoms with Crippen molar-refractivity contribution in [3.8, 4) is 5.75 Å². The first-order valence-corrected chi connectivity index (χ1v) is 13.3. The SMILES string of the molecule is CCCCCC[C@H](CCC)Oc1ccc(C(CC(C)CC)=NC(=Cc2ccccc2)C(=O)O)cc1. The van der Waals surface area contributed by atoms with E-state index in [4.69, 9.17) is 4.74 Å². The van der Waals surface area contributed by atoms with Crippen LogP contribution in [0.3, 0.4) is 0 Å². The normalized spacial score (nSPS) is 13.9. The summed E-state index contributed by atoms with van der Waals surface area (Å²) in [5, 5.41) is 9.82. The highest BCUT2D eigenvalue weighted by atomic mass is 16.5. The van der Waals surface area contributed by atoms with E-state index in [1.807, 2.05) is 54.6 Å². The van der Waals surface area contributed by atoms with Gasteiger partial charge in [-0.2, -0.15) is 0 Å². The van der Waals surface area contributed by atoms with Crippen LogP contribution in [0.2, 0.25) is 0 Å². The summed E-state index contributed by atoms with van der Waals surface area (Å²) in [4.78, 5) is 16.6. The fourth-order valence-electron chi connectivity index (χ4n) is 4.00. The van der Waals surface area contributed by atoms with E-state index in [1.165, 1.54) is 25.7 Å². The van der Waals surface area contributed by atoms with Crippen LogP contribution in [0.4, 0.5) is 0 Å². The molecule has 0 saturated heterocycles. The van der Waals surface area contributed by atoms with Gasteiger partial charge in [-0.15, -0.1) is 0 Å². The maximum absolute atomic E-state index is 12.0. The minimum atomic E-state index is -1.03. The molecule has 1 unspecified atom stereocenters. The van der Waals surface area contributed by atoms with Crippen LogP contribution >= 0.6 is 0 Å². The molecule has 190 valence electrons. The maximum Gasteiger partial charge on any atom is 0.354 e. The van der Waals surface area contributed by atoms with Crippen molar-refractivity contribution < 1.29 is 14.6 Å². The van der Waals surface area contributed by atoms with Crippen molar-refractivity contribution in [1.29, 1.82) is 0 Å². The first-order chi connectivity index (χ1) is 17.0. The van der Waals surface area contributed by atoms with Crippen LogP contribution in [-0.2, 0) is 4.79 Å². The molecule has 4 heteroatoms. The molecule has 0 amide bonds. The van der Waals surface area contributed by atoms with Crippen LogP contribution in [0.25, 0.3) is 6.08 Å². The van der Waals surface area contributed by atoms with Crippen LogP contribution < -0.4 is 4.74 Å². The number of carbonyl (C=O) groups is 1. The summed E-state index contributed by atoms with van der Waals surface area (Å²) < 4.78 is 6.33. The van der Waals surface area contributed by atoms with Gasteiger partial charge in [0.25, 0.3) is 0 Å². The zero-order valence-corrected chi connectivity index (χ0v) is 22.0. The Balaban J connectivity index is 2.26. The number of unbranched alkanes of at least 4 members (excludes halogenated alkanes) is 3. The largest absolute Gasteiger partial charge is 0.490 e. The number of aliphatic imine (C=N–C) groups is 1. The van der Waals surface area contributed by atoms with Crippen LogP contribution in [0, 0.1) is 5.92 Å². The molecular formula is C31H43NO3. The fourth-order valence-corrected chi connectivity index (χ4v) is 4.00. The summed E-state index contributed by atoms with van der Waals surface area (Å²) in [6, 6.07) is 17.5. The van der Waals surface area contributed by atoms with E-state index in [9.17, 15) is 9.90 Å². The number of benzene rings is 2. The topological polar surface area (TPSA) is 58.9 Å². The van der Waals surface area contributed by atoms with Crippen LogP contribution in [0.15, 0.2) is 65.3 Å². The molecule has 2 aromatic carbocycles. The predicted molar refractivity (Wildman–Crippen MR) is 147 cm³/mol. The molecule has 0 saturated carbocycles. The number of carboxylic acid groups (broad SMARTS) is 1. The number of ether oxygens (including phenoxy) is 1. The average molecular weight is 478 g/mol. The van der Waals surface area contributed by atoms with Gasteiger partial charge in [-0.3, -0.25) is 0 Å². The predicted octanol–water partition coefficient (Wildman–Crippen LogP) is 8.56. The van der Waals surface area contributed by atoms with Gasteiger partial charge in [-0.05, 0) is 73.1 Å². The van der Waals surface area contributed by atoms with Gasteiger partial charge >= 0.3 is 5.97 Å². The summed E-state index contributed by atoms with van der Waals surface area (Å²) in [5.41, 5.74) is 2.60. The van der Waals surface area contributed by atoms with E-state index in [0.29, 0.717) is 12.3 Å². The highest BCUT2D eigenvalue weighted by molar-refractivity contribution is 6.05. The monoisotopic (exact) mass is 477 g/mol. The minimum Gasteiger partial charge on any atom is -0.490 e. The fraction of sp³-hybridized carbons (Fsp3) is 0.484. The molecule has 2 aromatic rings. The van der Waals surface area contributed by atoms with E-state index in [0.717, 1.165) is 48.3 Å². The van der Waals surface area contributed by atoms with E-state index in [2.05, 4.69) is 32.7 Å². The van der Waals surface area contributed by atoms with Gasteiger partial charge in [0.15, 0.2) is 0 Å². The summed E-state index contributed by atoms with van der Waals surface area (Å²) in [6.07, 6.45) is 11.8. The molecule has 35 heavy (non-hydrogen) atoms. The smallest absolute Gasteiger partial charge is 0.354 e. The van der Waals surface area contributed by atoms with E-state index < -0.39 is 5.97 Å². The Morgan fingerprint density at radius 1 is 0.943 bits per heavy atom. The van der Waals surface area contributed by atoms with Crippen molar-refractivity contribution in [3.63, 3.8) is 0 Å². The Morgan fingerprint density at radius 2 is 1.66 bits per heavy atom. The molecule has 0 aliphatic carbocycles. The molecule has 0 aliphatic heterocycles. The van der Waals surface area contributed by atoms with Crippen molar-refractivity contribution in [2.45, 2.75) is 91.6 Å². The van der Waals surface area contributed by atoms with Gasteiger partial charge in [0.1, 0.15) is 11.4 Å². The van der Waals surface area contributed by atoms with Crippen LogP contribution in [0.1, 0.15) is 96.6 Å². The lowest BCUT2D eigenvalue weighted by molar-refractivity contribution is -0.132. The second kappa shape index (κ2) is 15.9. The molecule has 2 rings (SSSR count). The third kappa shape index (κ3) is 10.5. The summed E-state index contributed by atoms with van der Waals surface area (Å²) in [5.74, 6) is 0.235. The van der Waals surface area contributed by atoms with Gasteiger partial charge in [0.05, 0.1) is 6.10 Å². The van der Waals surface area contributed by atoms with Crippen molar-refractivity contribution >= 4 is 17.8 Å². The van der Waals surface area contributed by atoms with Gasteiger partial charge < -0.3 is 9.84 Å². The molecule has 0 fully saturated rings. The second-order valence-corrected chi connectivity index (χ2v) is 9.42. The minimum absolute atomic E-state index is 0.0462. The number of rotatable bonds is 16. The average Bonchev–Trinajstić information content (AvgIpc) is 2.86.